The van der Waals surface area contributed by atoms with Gasteiger partial charge in [-0.2, -0.15) is 5.10 Å². The third kappa shape index (κ3) is 6.47. The number of hydrogen-bond acceptors (Lipinski definition) is 4. The van der Waals surface area contributed by atoms with Crippen molar-refractivity contribution in [2.24, 2.45) is 15.9 Å². The highest BCUT2D eigenvalue weighted by atomic mass is 32.2. The Labute approximate surface area is 153 Å². The quantitative estimate of drug-likeness (QED) is 0.331. The molecular weight excluding hydrogens is 330 g/mol. The van der Waals surface area contributed by atoms with E-state index >= 15 is 0 Å². The van der Waals surface area contributed by atoms with Crippen molar-refractivity contribution in [1.29, 1.82) is 0 Å². The number of amidine groups is 1. The monoisotopic (exact) mass is 353 g/mol. The molecule has 2 aromatic rings. The Bertz CT molecular complexity index is 742. The molecule has 0 saturated heterocycles. The molecule has 0 spiro atoms. The highest BCUT2D eigenvalue weighted by molar-refractivity contribution is 8.13. The third-order valence-corrected chi connectivity index (χ3v) is 4.20. The van der Waals surface area contributed by atoms with E-state index in [0.29, 0.717) is 11.8 Å². The summed E-state index contributed by atoms with van der Waals surface area (Å²) >= 11 is 1.47. The van der Waals surface area contributed by atoms with Crippen molar-refractivity contribution in [2.75, 3.05) is 6.61 Å². The average molecular weight is 353 g/mol. The molecule has 0 aromatic heterocycles. The summed E-state index contributed by atoms with van der Waals surface area (Å²) in [4.78, 5) is 0. The SMILES string of the molecule is C=CCc1cc(C=NN=C(N)SCc2ccccc2)ccc1OCC. The minimum absolute atomic E-state index is 0.442. The Morgan fingerprint density at radius 1 is 1.24 bits per heavy atom. The second-order valence-electron chi connectivity index (χ2n) is 5.25. The topological polar surface area (TPSA) is 60.0 Å². The van der Waals surface area contributed by atoms with Gasteiger partial charge in [-0.05, 0) is 48.2 Å². The second kappa shape index (κ2) is 10.4. The minimum atomic E-state index is 0.442. The molecule has 0 saturated carbocycles. The first kappa shape index (κ1) is 18.8. The summed E-state index contributed by atoms with van der Waals surface area (Å²) in [5, 5.41) is 8.57. The lowest BCUT2D eigenvalue weighted by atomic mass is 10.1. The predicted molar refractivity (Wildman–Crippen MR) is 108 cm³/mol. The van der Waals surface area contributed by atoms with Gasteiger partial charge in [0.2, 0.25) is 0 Å². The zero-order chi connectivity index (χ0) is 17.9. The van der Waals surface area contributed by atoms with Gasteiger partial charge in [0, 0.05) is 5.75 Å². The van der Waals surface area contributed by atoms with Crippen LogP contribution < -0.4 is 10.5 Å². The average Bonchev–Trinajstić information content (AvgIpc) is 2.63. The number of rotatable bonds is 8. The summed E-state index contributed by atoms with van der Waals surface area (Å²) in [6, 6.07) is 16.1. The lowest BCUT2D eigenvalue weighted by molar-refractivity contribution is 0.337. The summed E-state index contributed by atoms with van der Waals surface area (Å²) in [6.07, 6.45) is 4.29. The summed E-state index contributed by atoms with van der Waals surface area (Å²) in [6.45, 7) is 6.39. The van der Waals surface area contributed by atoms with E-state index in [2.05, 4.69) is 28.9 Å². The molecule has 25 heavy (non-hydrogen) atoms. The van der Waals surface area contributed by atoms with E-state index in [1.807, 2.05) is 49.4 Å². The van der Waals surface area contributed by atoms with Crippen molar-refractivity contribution < 1.29 is 4.74 Å². The molecule has 0 fully saturated rings. The molecule has 0 aliphatic rings. The van der Waals surface area contributed by atoms with Gasteiger partial charge < -0.3 is 10.5 Å². The number of benzene rings is 2. The largest absolute Gasteiger partial charge is 0.494 e. The maximum atomic E-state index is 5.89. The van der Waals surface area contributed by atoms with Crippen LogP contribution in [0, 0.1) is 0 Å². The molecule has 4 nitrogen and oxygen atoms in total. The number of thioether (sulfide) groups is 1. The van der Waals surface area contributed by atoms with Gasteiger partial charge in [0.05, 0.1) is 12.8 Å². The minimum Gasteiger partial charge on any atom is -0.494 e. The third-order valence-electron chi connectivity index (χ3n) is 3.34. The van der Waals surface area contributed by atoms with Crippen molar-refractivity contribution >= 4 is 23.1 Å². The Morgan fingerprint density at radius 3 is 2.76 bits per heavy atom. The molecule has 0 amide bonds. The van der Waals surface area contributed by atoms with Crippen LogP contribution in [0.4, 0.5) is 0 Å². The summed E-state index contributed by atoms with van der Waals surface area (Å²) in [5.41, 5.74) is 9.13. The molecule has 2 rings (SSSR count). The molecule has 0 radical (unpaired) electrons. The Hall–Kier alpha value is -2.53. The smallest absolute Gasteiger partial charge is 0.180 e. The van der Waals surface area contributed by atoms with E-state index in [-0.39, 0.29) is 0 Å². The maximum absolute atomic E-state index is 5.89. The summed E-state index contributed by atoms with van der Waals surface area (Å²) in [7, 11) is 0. The van der Waals surface area contributed by atoms with Crippen LogP contribution in [0.5, 0.6) is 5.75 Å². The van der Waals surface area contributed by atoms with Gasteiger partial charge in [0.15, 0.2) is 5.17 Å². The Morgan fingerprint density at radius 2 is 2.04 bits per heavy atom. The molecule has 0 aliphatic carbocycles. The molecule has 5 heteroatoms. The molecule has 0 aliphatic heterocycles. The van der Waals surface area contributed by atoms with E-state index in [1.165, 1.54) is 17.3 Å². The Kier molecular flexibility index (Phi) is 7.79. The van der Waals surface area contributed by atoms with Crippen LogP contribution in [-0.4, -0.2) is 18.0 Å². The first-order valence-corrected chi connectivity index (χ1v) is 9.11. The van der Waals surface area contributed by atoms with Crippen LogP contribution in [0.2, 0.25) is 0 Å². The van der Waals surface area contributed by atoms with Crippen LogP contribution in [0.25, 0.3) is 0 Å². The van der Waals surface area contributed by atoms with Crippen LogP contribution in [0.3, 0.4) is 0 Å². The molecule has 2 N–H and O–H groups in total. The van der Waals surface area contributed by atoms with E-state index < -0.39 is 0 Å². The van der Waals surface area contributed by atoms with Gasteiger partial charge in [-0.15, -0.1) is 11.7 Å². The lowest BCUT2D eigenvalue weighted by Crippen LogP contribution is -2.06. The van der Waals surface area contributed by atoms with Crippen molar-refractivity contribution in [3.05, 3.63) is 77.9 Å². The number of hydrogen-bond donors (Lipinski definition) is 1. The number of allylic oxidation sites excluding steroid dienone is 1. The zero-order valence-corrected chi connectivity index (χ0v) is 15.2. The fourth-order valence-electron chi connectivity index (χ4n) is 2.20. The fourth-order valence-corrected chi connectivity index (χ4v) is 2.82. The fraction of sp³-hybridized carbons (Fsp3) is 0.200. The zero-order valence-electron chi connectivity index (χ0n) is 14.4. The van der Waals surface area contributed by atoms with Crippen LogP contribution >= 0.6 is 11.8 Å². The molecule has 0 atom stereocenters. The van der Waals surface area contributed by atoms with Gasteiger partial charge in [-0.3, -0.25) is 0 Å². The van der Waals surface area contributed by atoms with E-state index in [4.69, 9.17) is 10.5 Å². The van der Waals surface area contributed by atoms with Gasteiger partial charge in [-0.1, -0.05) is 48.2 Å². The van der Waals surface area contributed by atoms with Crippen molar-refractivity contribution in [1.82, 2.24) is 0 Å². The van der Waals surface area contributed by atoms with Gasteiger partial charge in [-0.25, -0.2) is 0 Å². The lowest BCUT2D eigenvalue weighted by Gasteiger charge is -2.09. The highest BCUT2D eigenvalue weighted by Crippen LogP contribution is 2.20. The Balaban J connectivity index is 1.97. The van der Waals surface area contributed by atoms with Crippen molar-refractivity contribution in [3.8, 4) is 5.75 Å². The number of nitrogens with zero attached hydrogens (tertiary/aromatic N) is 2. The molecule has 130 valence electrons. The predicted octanol–water partition coefficient (Wildman–Crippen LogP) is 4.40. The molecule has 0 heterocycles. The standard InChI is InChI=1S/C20H23N3OS/c1-3-8-18-13-17(11-12-19(18)24-4-2)14-22-23-20(21)25-15-16-9-6-5-7-10-16/h3,5-7,9-14H,1,4,8,15H2,2H3,(H2,21,23). The normalized spacial score (nSPS) is 11.6. The van der Waals surface area contributed by atoms with Crippen molar-refractivity contribution in [3.63, 3.8) is 0 Å². The van der Waals surface area contributed by atoms with Gasteiger partial charge in [0.1, 0.15) is 5.75 Å². The van der Waals surface area contributed by atoms with Crippen LogP contribution in [-0.2, 0) is 12.2 Å². The van der Waals surface area contributed by atoms with E-state index in [1.54, 1.807) is 6.21 Å². The number of nitrogens with two attached hydrogens (primary N) is 1. The van der Waals surface area contributed by atoms with Crippen LogP contribution in [0.1, 0.15) is 23.6 Å². The van der Waals surface area contributed by atoms with Gasteiger partial charge in [0.25, 0.3) is 0 Å². The molecule has 0 unspecified atom stereocenters. The van der Waals surface area contributed by atoms with E-state index in [0.717, 1.165) is 29.1 Å². The molecule has 2 aromatic carbocycles. The summed E-state index contributed by atoms with van der Waals surface area (Å²) < 4.78 is 5.62. The number of ether oxygens (including phenoxy) is 1. The van der Waals surface area contributed by atoms with Gasteiger partial charge >= 0.3 is 0 Å². The molecule has 0 bridgehead atoms. The van der Waals surface area contributed by atoms with E-state index in [9.17, 15) is 0 Å². The van der Waals surface area contributed by atoms with Crippen molar-refractivity contribution in [2.45, 2.75) is 19.1 Å². The summed E-state index contributed by atoms with van der Waals surface area (Å²) in [5.74, 6) is 1.65. The molecular formula is C20H23N3OS. The highest BCUT2D eigenvalue weighted by Gasteiger charge is 2.03. The second-order valence-corrected chi connectivity index (χ2v) is 6.25. The first-order chi connectivity index (χ1) is 12.2. The first-order valence-electron chi connectivity index (χ1n) is 8.12. The maximum Gasteiger partial charge on any atom is 0.180 e. The van der Waals surface area contributed by atoms with Crippen LogP contribution in [0.15, 0.2) is 71.4 Å².